The van der Waals surface area contributed by atoms with Crippen LogP contribution < -0.4 is 14.8 Å². The van der Waals surface area contributed by atoms with Crippen LogP contribution in [0.2, 0.25) is 0 Å². The Morgan fingerprint density at radius 2 is 1.60 bits per heavy atom. The van der Waals surface area contributed by atoms with Crippen LogP contribution in [0.15, 0.2) is 12.1 Å². The molecule has 0 bridgehead atoms. The first-order valence-corrected chi connectivity index (χ1v) is 8.72. The van der Waals surface area contributed by atoms with Crippen LogP contribution >= 0.6 is 0 Å². The van der Waals surface area contributed by atoms with Gasteiger partial charge in [0.2, 0.25) is 5.91 Å². The summed E-state index contributed by atoms with van der Waals surface area (Å²) < 4.78 is 10.5. The molecule has 140 valence electrons. The van der Waals surface area contributed by atoms with Crippen LogP contribution in [0.1, 0.15) is 55.8 Å². The summed E-state index contributed by atoms with van der Waals surface area (Å²) in [6.07, 6.45) is 5.83. The van der Waals surface area contributed by atoms with Gasteiger partial charge in [0.25, 0.3) is 5.91 Å². The van der Waals surface area contributed by atoms with Crippen molar-refractivity contribution >= 4 is 17.5 Å². The molecule has 6 heteroatoms. The number of carbonyl (C=O) groups excluding carboxylic acids is 2. The first kappa shape index (κ1) is 20.8. The van der Waals surface area contributed by atoms with Crippen LogP contribution in [0, 0.1) is 0 Å². The lowest BCUT2D eigenvalue weighted by Gasteiger charge is -2.18. The minimum Gasteiger partial charge on any atom is -0.493 e. The van der Waals surface area contributed by atoms with Crippen molar-refractivity contribution in [3.05, 3.63) is 17.7 Å². The molecule has 2 amide bonds. The Bertz CT molecular complexity index is 585. The molecule has 0 saturated heterocycles. The number of hydrogen-bond donors (Lipinski definition) is 1. The van der Waals surface area contributed by atoms with Crippen molar-refractivity contribution in [1.29, 1.82) is 0 Å². The summed E-state index contributed by atoms with van der Waals surface area (Å²) in [6, 6.07) is 3.22. The molecular formula is C19H30N2O4. The Morgan fingerprint density at radius 1 is 1.00 bits per heavy atom. The van der Waals surface area contributed by atoms with Crippen LogP contribution in [0.3, 0.4) is 0 Å². The van der Waals surface area contributed by atoms with E-state index < -0.39 is 0 Å². The number of rotatable bonds is 10. The van der Waals surface area contributed by atoms with Crippen LogP contribution in [-0.4, -0.2) is 45.0 Å². The fourth-order valence-corrected chi connectivity index (χ4v) is 2.50. The van der Waals surface area contributed by atoms with Gasteiger partial charge in [0.15, 0.2) is 11.5 Å². The van der Waals surface area contributed by atoms with Gasteiger partial charge in [-0.05, 0) is 12.5 Å². The van der Waals surface area contributed by atoms with Gasteiger partial charge in [-0.25, -0.2) is 0 Å². The highest BCUT2D eigenvalue weighted by Gasteiger charge is 2.19. The average molecular weight is 350 g/mol. The fraction of sp³-hybridized carbons (Fsp3) is 0.579. The zero-order valence-electron chi connectivity index (χ0n) is 16.0. The largest absolute Gasteiger partial charge is 0.493 e. The second-order valence-electron chi connectivity index (χ2n) is 6.16. The van der Waals surface area contributed by atoms with E-state index in [9.17, 15) is 9.59 Å². The molecule has 6 nitrogen and oxygen atoms in total. The fourth-order valence-electron chi connectivity index (χ4n) is 2.50. The molecule has 0 aromatic heterocycles. The number of ether oxygens (including phenoxy) is 2. The average Bonchev–Trinajstić information content (AvgIpc) is 2.60. The van der Waals surface area contributed by atoms with Crippen molar-refractivity contribution in [3.63, 3.8) is 0 Å². The summed E-state index contributed by atoms with van der Waals surface area (Å²) in [5, 5.41) is 2.84. The Balaban J connectivity index is 2.91. The van der Waals surface area contributed by atoms with Crippen LogP contribution in [0.5, 0.6) is 11.5 Å². The molecule has 0 spiro atoms. The Kier molecular flexibility index (Phi) is 8.81. The van der Waals surface area contributed by atoms with E-state index in [1.54, 1.807) is 26.2 Å². The lowest BCUT2D eigenvalue weighted by molar-refractivity contribution is -0.116. The third kappa shape index (κ3) is 6.29. The van der Waals surface area contributed by atoms with E-state index in [-0.39, 0.29) is 11.8 Å². The molecular weight excluding hydrogens is 320 g/mol. The first-order chi connectivity index (χ1) is 11.9. The van der Waals surface area contributed by atoms with Crippen molar-refractivity contribution in [2.75, 3.05) is 33.6 Å². The topological polar surface area (TPSA) is 67.9 Å². The van der Waals surface area contributed by atoms with E-state index >= 15 is 0 Å². The normalized spacial score (nSPS) is 10.3. The lowest BCUT2D eigenvalue weighted by atomic mass is 10.1. The predicted octanol–water partition coefficient (Wildman–Crippen LogP) is 3.70. The zero-order chi connectivity index (χ0) is 18.8. The molecule has 0 atom stereocenters. The van der Waals surface area contributed by atoms with Crippen molar-refractivity contribution in [3.8, 4) is 11.5 Å². The van der Waals surface area contributed by atoms with Gasteiger partial charge in [-0.2, -0.15) is 0 Å². The van der Waals surface area contributed by atoms with E-state index in [2.05, 4.69) is 12.2 Å². The molecule has 0 unspecified atom stereocenters. The van der Waals surface area contributed by atoms with Gasteiger partial charge in [-0.1, -0.05) is 32.6 Å². The van der Waals surface area contributed by atoms with Gasteiger partial charge in [0.1, 0.15) is 0 Å². The summed E-state index contributed by atoms with van der Waals surface area (Å²) in [6.45, 7) is 2.16. The first-order valence-electron chi connectivity index (χ1n) is 8.72. The number of carbonyl (C=O) groups is 2. The summed E-state index contributed by atoms with van der Waals surface area (Å²) in [5.74, 6) is 0.608. The minimum absolute atomic E-state index is 0.100. The summed E-state index contributed by atoms with van der Waals surface area (Å²) >= 11 is 0. The van der Waals surface area contributed by atoms with Gasteiger partial charge in [0, 0.05) is 26.6 Å². The number of nitrogens with one attached hydrogen (secondary N) is 1. The van der Waals surface area contributed by atoms with E-state index in [1.165, 1.54) is 32.0 Å². The van der Waals surface area contributed by atoms with Crippen molar-refractivity contribution < 1.29 is 19.1 Å². The second kappa shape index (κ2) is 10.6. The SMILES string of the molecule is CCCCCCCC(=O)Nc1cc(OC)c(OC)cc1C(=O)N(C)C. The van der Waals surface area contributed by atoms with Crippen LogP contribution in [-0.2, 0) is 4.79 Å². The molecule has 0 fully saturated rings. The van der Waals surface area contributed by atoms with Gasteiger partial charge in [0.05, 0.1) is 25.5 Å². The highest BCUT2D eigenvalue weighted by molar-refractivity contribution is 6.04. The Labute approximate surface area is 150 Å². The molecule has 1 N–H and O–H groups in total. The number of unbranched alkanes of at least 4 members (excludes halogenated alkanes) is 4. The Hall–Kier alpha value is -2.24. The van der Waals surface area contributed by atoms with Gasteiger partial charge < -0.3 is 19.7 Å². The molecule has 1 aromatic rings. The number of amides is 2. The molecule has 0 heterocycles. The minimum atomic E-state index is -0.209. The Morgan fingerprint density at radius 3 is 2.16 bits per heavy atom. The van der Waals surface area contributed by atoms with Gasteiger partial charge in [-0.15, -0.1) is 0 Å². The molecule has 0 aliphatic heterocycles. The number of hydrogen-bond acceptors (Lipinski definition) is 4. The summed E-state index contributed by atoms with van der Waals surface area (Å²) in [5.41, 5.74) is 0.817. The third-order valence-electron chi connectivity index (χ3n) is 3.94. The molecule has 0 aliphatic rings. The molecule has 0 radical (unpaired) electrons. The maximum atomic E-state index is 12.4. The number of benzene rings is 1. The third-order valence-corrected chi connectivity index (χ3v) is 3.94. The molecule has 1 rings (SSSR count). The van der Waals surface area contributed by atoms with E-state index in [4.69, 9.17) is 9.47 Å². The van der Waals surface area contributed by atoms with Crippen molar-refractivity contribution in [2.24, 2.45) is 0 Å². The highest BCUT2D eigenvalue weighted by atomic mass is 16.5. The van der Waals surface area contributed by atoms with E-state index in [0.29, 0.717) is 29.2 Å². The smallest absolute Gasteiger partial charge is 0.255 e. The lowest BCUT2D eigenvalue weighted by Crippen LogP contribution is -2.24. The van der Waals surface area contributed by atoms with Gasteiger partial charge >= 0.3 is 0 Å². The zero-order valence-corrected chi connectivity index (χ0v) is 16.0. The van der Waals surface area contributed by atoms with Crippen molar-refractivity contribution in [1.82, 2.24) is 4.90 Å². The molecule has 1 aromatic carbocycles. The molecule has 25 heavy (non-hydrogen) atoms. The summed E-state index contributed by atoms with van der Waals surface area (Å²) in [7, 11) is 6.36. The summed E-state index contributed by atoms with van der Waals surface area (Å²) in [4.78, 5) is 26.1. The van der Waals surface area contributed by atoms with Crippen LogP contribution in [0.4, 0.5) is 5.69 Å². The highest BCUT2D eigenvalue weighted by Crippen LogP contribution is 2.34. The predicted molar refractivity (Wildman–Crippen MR) is 99.6 cm³/mol. The standard InChI is InChI=1S/C19H30N2O4/c1-6-7-8-9-10-11-18(22)20-15-13-17(25-5)16(24-4)12-14(15)19(23)21(2)3/h12-13H,6-11H2,1-5H3,(H,20,22). The number of anilines is 1. The van der Waals surface area contributed by atoms with E-state index in [1.807, 2.05) is 0 Å². The molecule has 0 saturated carbocycles. The van der Waals surface area contributed by atoms with Crippen LogP contribution in [0.25, 0.3) is 0 Å². The number of nitrogens with zero attached hydrogens (tertiary/aromatic N) is 1. The van der Waals surface area contributed by atoms with Gasteiger partial charge in [-0.3, -0.25) is 9.59 Å². The second-order valence-corrected chi connectivity index (χ2v) is 6.16. The number of methoxy groups -OCH3 is 2. The monoisotopic (exact) mass is 350 g/mol. The van der Waals surface area contributed by atoms with Crippen molar-refractivity contribution in [2.45, 2.75) is 45.4 Å². The molecule has 0 aliphatic carbocycles. The maximum absolute atomic E-state index is 12.4. The maximum Gasteiger partial charge on any atom is 0.255 e. The quantitative estimate of drug-likeness (QED) is 0.653. The van der Waals surface area contributed by atoms with E-state index in [0.717, 1.165) is 19.3 Å².